The predicted molar refractivity (Wildman–Crippen MR) is 95.5 cm³/mol. The van der Waals surface area contributed by atoms with Crippen molar-refractivity contribution in [3.8, 4) is 11.5 Å². The molecule has 5 heteroatoms. The lowest BCUT2D eigenvalue weighted by molar-refractivity contribution is 0.326. The van der Waals surface area contributed by atoms with Crippen molar-refractivity contribution in [3.63, 3.8) is 0 Å². The van der Waals surface area contributed by atoms with Gasteiger partial charge in [-0.2, -0.15) is 0 Å². The van der Waals surface area contributed by atoms with Gasteiger partial charge in [0, 0.05) is 6.54 Å². The summed E-state index contributed by atoms with van der Waals surface area (Å²) in [5.41, 5.74) is 2.09. The summed E-state index contributed by atoms with van der Waals surface area (Å²) in [6.45, 7) is 5.41. The molecule has 0 aliphatic heterocycles. The SMILES string of the molecule is C=CCOc1c(Cl)cc(CNCCc2ccc(F)cc2)cc1OC. The lowest BCUT2D eigenvalue weighted by Gasteiger charge is -2.13. The molecule has 1 N–H and O–H groups in total. The van der Waals surface area contributed by atoms with E-state index in [1.165, 1.54) is 12.1 Å². The van der Waals surface area contributed by atoms with E-state index in [9.17, 15) is 4.39 Å². The van der Waals surface area contributed by atoms with Crippen LogP contribution in [0.2, 0.25) is 5.02 Å². The van der Waals surface area contributed by atoms with Crippen LogP contribution in [0.1, 0.15) is 11.1 Å². The number of methoxy groups -OCH3 is 1. The van der Waals surface area contributed by atoms with E-state index < -0.39 is 0 Å². The van der Waals surface area contributed by atoms with Crippen LogP contribution in [0.4, 0.5) is 4.39 Å². The highest BCUT2D eigenvalue weighted by Gasteiger charge is 2.11. The van der Waals surface area contributed by atoms with Crippen LogP contribution in [-0.4, -0.2) is 20.3 Å². The highest BCUT2D eigenvalue weighted by molar-refractivity contribution is 6.32. The van der Waals surface area contributed by atoms with E-state index in [0.717, 1.165) is 24.1 Å². The Bertz CT molecular complexity index is 674. The van der Waals surface area contributed by atoms with Gasteiger partial charge in [0.25, 0.3) is 0 Å². The van der Waals surface area contributed by atoms with Gasteiger partial charge < -0.3 is 14.8 Å². The molecule has 2 rings (SSSR count). The molecule has 3 nitrogen and oxygen atoms in total. The third kappa shape index (κ3) is 5.25. The van der Waals surface area contributed by atoms with Gasteiger partial charge in [0.05, 0.1) is 12.1 Å². The maximum Gasteiger partial charge on any atom is 0.180 e. The first-order valence-corrected chi connectivity index (χ1v) is 8.07. The van der Waals surface area contributed by atoms with Gasteiger partial charge in [-0.15, -0.1) is 0 Å². The van der Waals surface area contributed by atoms with E-state index in [4.69, 9.17) is 21.1 Å². The molecule has 0 radical (unpaired) electrons. The van der Waals surface area contributed by atoms with Crippen molar-refractivity contribution >= 4 is 11.6 Å². The smallest absolute Gasteiger partial charge is 0.180 e. The maximum atomic E-state index is 12.9. The summed E-state index contributed by atoms with van der Waals surface area (Å²) in [6, 6.07) is 10.3. The third-order valence-electron chi connectivity index (χ3n) is 3.47. The lowest BCUT2D eigenvalue weighted by Crippen LogP contribution is -2.16. The minimum atomic E-state index is -0.216. The highest BCUT2D eigenvalue weighted by Crippen LogP contribution is 2.36. The van der Waals surface area contributed by atoms with Crippen molar-refractivity contribution in [2.24, 2.45) is 0 Å². The zero-order valence-corrected chi connectivity index (χ0v) is 14.4. The minimum absolute atomic E-state index is 0.216. The van der Waals surface area contributed by atoms with Gasteiger partial charge in [-0.05, 0) is 48.4 Å². The maximum absolute atomic E-state index is 12.9. The topological polar surface area (TPSA) is 30.5 Å². The molecule has 0 aliphatic rings. The molecule has 0 saturated heterocycles. The standard InChI is InChI=1S/C19H21ClFNO2/c1-3-10-24-19-17(20)11-15(12-18(19)23-2)13-22-9-8-14-4-6-16(21)7-5-14/h3-7,11-12,22H,1,8-10,13H2,2H3. The summed E-state index contributed by atoms with van der Waals surface area (Å²) in [6.07, 6.45) is 2.48. The molecule has 0 aliphatic carbocycles. The molecule has 0 fully saturated rings. The number of nitrogens with one attached hydrogen (secondary N) is 1. The van der Waals surface area contributed by atoms with Gasteiger partial charge in [0.1, 0.15) is 12.4 Å². The van der Waals surface area contributed by atoms with Gasteiger partial charge in [-0.25, -0.2) is 4.39 Å². The number of hydrogen-bond donors (Lipinski definition) is 1. The zero-order chi connectivity index (χ0) is 17.4. The van der Waals surface area contributed by atoms with Crippen LogP contribution in [0.5, 0.6) is 11.5 Å². The molecule has 0 bridgehead atoms. The number of benzene rings is 2. The predicted octanol–water partition coefficient (Wildman–Crippen LogP) is 4.38. The van der Waals surface area contributed by atoms with E-state index in [-0.39, 0.29) is 5.82 Å². The fraction of sp³-hybridized carbons (Fsp3) is 0.263. The van der Waals surface area contributed by atoms with Crippen LogP contribution in [0.25, 0.3) is 0 Å². The number of hydrogen-bond acceptors (Lipinski definition) is 3. The van der Waals surface area contributed by atoms with Gasteiger partial charge in [-0.1, -0.05) is 36.4 Å². The van der Waals surface area contributed by atoms with E-state index in [1.54, 1.807) is 25.3 Å². The van der Waals surface area contributed by atoms with Crippen molar-refractivity contribution < 1.29 is 13.9 Å². The molecule has 128 valence electrons. The lowest BCUT2D eigenvalue weighted by atomic mass is 10.1. The molecule has 24 heavy (non-hydrogen) atoms. The monoisotopic (exact) mass is 349 g/mol. The molecule has 0 amide bonds. The number of ether oxygens (including phenoxy) is 2. The van der Waals surface area contributed by atoms with Gasteiger partial charge in [-0.3, -0.25) is 0 Å². The fourth-order valence-corrected chi connectivity index (χ4v) is 2.56. The second kappa shape index (κ2) is 9.30. The summed E-state index contributed by atoms with van der Waals surface area (Å²) in [5, 5.41) is 3.85. The normalized spacial score (nSPS) is 10.5. The molecule has 2 aromatic rings. The Kier molecular flexibility index (Phi) is 7.09. The van der Waals surface area contributed by atoms with Crippen molar-refractivity contribution in [3.05, 3.63) is 71.0 Å². The second-order valence-corrected chi connectivity index (χ2v) is 5.67. The zero-order valence-electron chi connectivity index (χ0n) is 13.6. The highest BCUT2D eigenvalue weighted by atomic mass is 35.5. The summed E-state index contributed by atoms with van der Waals surface area (Å²) in [5.74, 6) is 0.904. The molecule has 0 spiro atoms. The van der Waals surface area contributed by atoms with Crippen molar-refractivity contribution in [2.75, 3.05) is 20.3 Å². The van der Waals surface area contributed by atoms with Crippen LogP contribution in [0, 0.1) is 5.82 Å². The van der Waals surface area contributed by atoms with Gasteiger partial charge in [0.2, 0.25) is 0 Å². The average Bonchev–Trinajstić information content (AvgIpc) is 2.59. The Morgan fingerprint density at radius 3 is 2.62 bits per heavy atom. The first-order chi connectivity index (χ1) is 11.6. The summed E-state index contributed by atoms with van der Waals surface area (Å²) >= 11 is 6.27. The van der Waals surface area contributed by atoms with Crippen LogP contribution in [0.15, 0.2) is 49.1 Å². The molecular formula is C19H21ClFNO2. The largest absolute Gasteiger partial charge is 0.493 e. The number of rotatable bonds is 9. The summed E-state index contributed by atoms with van der Waals surface area (Å²) < 4.78 is 23.7. The Labute approximate surface area is 147 Å². The Morgan fingerprint density at radius 1 is 1.21 bits per heavy atom. The fourth-order valence-electron chi connectivity index (χ4n) is 2.27. The minimum Gasteiger partial charge on any atom is -0.493 e. The van der Waals surface area contributed by atoms with E-state index in [2.05, 4.69) is 11.9 Å². The molecule has 0 unspecified atom stereocenters. The van der Waals surface area contributed by atoms with Crippen LogP contribution >= 0.6 is 11.6 Å². The van der Waals surface area contributed by atoms with Crippen molar-refractivity contribution in [1.29, 1.82) is 0 Å². The summed E-state index contributed by atoms with van der Waals surface area (Å²) in [7, 11) is 1.58. The second-order valence-electron chi connectivity index (χ2n) is 5.26. The third-order valence-corrected chi connectivity index (χ3v) is 3.75. The Hall–Kier alpha value is -2.04. The molecule has 0 heterocycles. The number of halogens is 2. The molecule has 0 saturated carbocycles. The Balaban J connectivity index is 1.91. The van der Waals surface area contributed by atoms with Crippen molar-refractivity contribution in [2.45, 2.75) is 13.0 Å². The van der Waals surface area contributed by atoms with Gasteiger partial charge in [0.15, 0.2) is 11.5 Å². The molecule has 2 aromatic carbocycles. The quantitative estimate of drug-likeness (QED) is 0.538. The van der Waals surface area contributed by atoms with E-state index >= 15 is 0 Å². The molecular weight excluding hydrogens is 329 g/mol. The first-order valence-electron chi connectivity index (χ1n) is 7.69. The van der Waals surface area contributed by atoms with E-state index in [0.29, 0.717) is 29.7 Å². The van der Waals surface area contributed by atoms with Crippen LogP contribution in [-0.2, 0) is 13.0 Å². The van der Waals surface area contributed by atoms with E-state index in [1.807, 2.05) is 12.1 Å². The van der Waals surface area contributed by atoms with Crippen molar-refractivity contribution in [1.82, 2.24) is 5.32 Å². The van der Waals surface area contributed by atoms with Crippen LogP contribution < -0.4 is 14.8 Å². The molecule has 0 aromatic heterocycles. The molecule has 0 atom stereocenters. The summed E-state index contributed by atoms with van der Waals surface area (Å²) in [4.78, 5) is 0. The Morgan fingerprint density at radius 2 is 1.96 bits per heavy atom. The van der Waals surface area contributed by atoms with Crippen LogP contribution in [0.3, 0.4) is 0 Å². The van der Waals surface area contributed by atoms with Gasteiger partial charge >= 0.3 is 0 Å². The average molecular weight is 350 g/mol. The first kappa shape index (κ1) is 18.3.